The lowest BCUT2D eigenvalue weighted by molar-refractivity contribution is 0.448. The standard InChI is InChI=1S/C5H11Cl.BH3O2/c1-2-3-4-5-6;2-1-3/h2-5H2,1H3;1-3H. The molecule has 0 spiro atoms. The highest BCUT2D eigenvalue weighted by atomic mass is 35.5. The van der Waals surface area contributed by atoms with Crippen LogP contribution in [0.3, 0.4) is 0 Å². The summed E-state index contributed by atoms with van der Waals surface area (Å²) in [7, 11) is -0.750. The van der Waals surface area contributed by atoms with Gasteiger partial charge in [-0.3, -0.25) is 0 Å². The van der Waals surface area contributed by atoms with Crippen LogP contribution in [0.25, 0.3) is 0 Å². The Labute approximate surface area is 62.2 Å². The third-order valence-corrected chi connectivity index (χ3v) is 1.00. The molecule has 9 heavy (non-hydrogen) atoms. The number of hydrogen-bond donors (Lipinski definition) is 2. The molecule has 0 saturated heterocycles. The summed E-state index contributed by atoms with van der Waals surface area (Å²) < 4.78 is 0. The second-order valence-corrected chi connectivity index (χ2v) is 1.92. The first kappa shape index (κ1) is 12.0. The van der Waals surface area contributed by atoms with E-state index in [2.05, 4.69) is 6.92 Å². The molecule has 0 fully saturated rings. The molecule has 2 N–H and O–H groups in total. The summed E-state index contributed by atoms with van der Waals surface area (Å²) in [5.41, 5.74) is 0. The summed E-state index contributed by atoms with van der Waals surface area (Å²) in [5, 5.41) is 14.2. The minimum atomic E-state index is -0.750. The zero-order valence-corrected chi connectivity index (χ0v) is 6.56. The zero-order valence-electron chi connectivity index (χ0n) is 5.81. The minimum absolute atomic E-state index is 0.750. The molecule has 0 aliphatic rings. The first-order valence-corrected chi connectivity index (χ1v) is 3.64. The Balaban J connectivity index is 0. The van der Waals surface area contributed by atoms with Crippen LogP contribution in [0.1, 0.15) is 26.2 Å². The summed E-state index contributed by atoms with van der Waals surface area (Å²) >= 11 is 5.38. The first-order chi connectivity index (χ1) is 4.33. The zero-order chi connectivity index (χ0) is 7.54. The predicted molar refractivity (Wildman–Crippen MR) is 41.8 cm³/mol. The van der Waals surface area contributed by atoms with Crippen LogP contribution in [0, 0.1) is 0 Å². The maximum atomic E-state index is 7.12. The molecule has 0 aliphatic heterocycles. The Morgan fingerprint density at radius 3 is 1.89 bits per heavy atom. The van der Waals surface area contributed by atoms with Gasteiger partial charge in [-0.05, 0) is 6.42 Å². The van der Waals surface area contributed by atoms with Crippen molar-refractivity contribution in [2.24, 2.45) is 0 Å². The van der Waals surface area contributed by atoms with Crippen molar-refractivity contribution in [1.82, 2.24) is 0 Å². The lowest BCUT2D eigenvalue weighted by Gasteiger charge is -1.84. The highest BCUT2D eigenvalue weighted by Gasteiger charge is 1.76. The van der Waals surface area contributed by atoms with Crippen LogP contribution in [0.4, 0.5) is 0 Å². The van der Waals surface area contributed by atoms with Crippen molar-refractivity contribution in [2.45, 2.75) is 26.2 Å². The molecule has 0 aromatic heterocycles. The first-order valence-electron chi connectivity index (χ1n) is 3.11. The van der Waals surface area contributed by atoms with Gasteiger partial charge < -0.3 is 10.0 Å². The minimum Gasteiger partial charge on any atom is -0.430 e. The van der Waals surface area contributed by atoms with Crippen molar-refractivity contribution in [1.29, 1.82) is 0 Å². The van der Waals surface area contributed by atoms with Crippen LogP contribution in [0.5, 0.6) is 0 Å². The molecule has 0 heterocycles. The summed E-state index contributed by atoms with van der Waals surface area (Å²) in [4.78, 5) is 0. The van der Waals surface area contributed by atoms with E-state index in [-0.39, 0.29) is 0 Å². The fourth-order valence-corrected chi connectivity index (χ4v) is 0.533. The summed E-state index contributed by atoms with van der Waals surface area (Å²) in [6.07, 6.45) is 3.73. The maximum Gasteiger partial charge on any atom is 0.432 e. The van der Waals surface area contributed by atoms with E-state index >= 15 is 0 Å². The van der Waals surface area contributed by atoms with Gasteiger partial charge in [-0.2, -0.15) is 0 Å². The number of rotatable bonds is 3. The normalized spacial score (nSPS) is 7.56. The van der Waals surface area contributed by atoms with E-state index < -0.39 is 7.69 Å². The fourth-order valence-electron chi connectivity index (χ4n) is 0.344. The summed E-state index contributed by atoms with van der Waals surface area (Å²) in [6.45, 7) is 2.17. The molecule has 0 aliphatic carbocycles. The molecule has 0 aromatic carbocycles. The molecule has 0 rings (SSSR count). The Morgan fingerprint density at radius 2 is 1.78 bits per heavy atom. The second-order valence-electron chi connectivity index (χ2n) is 1.54. The molecule has 0 unspecified atom stereocenters. The smallest absolute Gasteiger partial charge is 0.430 e. The Hall–Kier alpha value is 0.275. The number of hydrogen-bond acceptors (Lipinski definition) is 2. The van der Waals surface area contributed by atoms with Crippen LogP contribution in [-0.2, 0) is 0 Å². The van der Waals surface area contributed by atoms with Gasteiger partial charge in [0.1, 0.15) is 0 Å². The van der Waals surface area contributed by atoms with Gasteiger partial charge in [0.05, 0.1) is 0 Å². The highest BCUT2D eigenvalue weighted by molar-refractivity contribution is 6.17. The van der Waals surface area contributed by atoms with Gasteiger partial charge in [0, 0.05) is 5.88 Å². The van der Waals surface area contributed by atoms with E-state index in [1.165, 1.54) is 19.3 Å². The lowest BCUT2D eigenvalue weighted by Crippen LogP contribution is -1.75. The SMILES string of the molecule is CCCCCCl.OBO. The molecule has 4 heteroatoms. The van der Waals surface area contributed by atoms with Gasteiger partial charge in [0.15, 0.2) is 0 Å². The average Bonchev–Trinajstić information content (AvgIpc) is 1.86. The Kier molecular flexibility index (Phi) is 21.0. The van der Waals surface area contributed by atoms with E-state index in [0.717, 1.165) is 5.88 Å². The van der Waals surface area contributed by atoms with E-state index in [1.807, 2.05) is 0 Å². The third kappa shape index (κ3) is 30.4. The number of halogens is 1. The van der Waals surface area contributed by atoms with Crippen molar-refractivity contribution < 1.29 is 10.0 Å². The van der Waals surface area contributed by atoms with E-state index in [1.54, 1.807) is 0 Å². The molecule has 0 aromatic rings. The van der Waals surface area contributed by atoms with Crippen LogP contribution < -0.4 is 0 Å². The molecular weight excluding hydrogens is 138 g/mol. The number of alkyl halides is 1. The van der Waals surface area contributed by atoms with Gasteiger partial charge in [-0.25, -0.2) is 0 Å². The van der Waals surface area contributed by atoms with Crippen molar-refractivity contribution in [2.75, 3.05) is 5.88 Å². The topological polar surface area (TPSA) is 40.5 Å². The highest BCUT2D eigenvalue weighted by Crippen LogP contribution is 1.93. The summed E-state index contributed by atoms with van der Waals surface area (Å²) in [5.74, 6) is 0.827. The molecule has 0 saturated carbocycles. The predicted octanol–water partition coefficient (Wildman–Crippen LogP) is 0.653. The molecule has 56 valence electrons. The third-order valence-electron chi connectivity index (χ3n) is 0.737. The second kappa shape index (κ2) is 15.7. The van der Waals surface area contributed by atoms with E-state index in [0.29, 0.717) is 0 Å². The molecule has 0 amide bonds. The number of unbranched alkanes of at least 4 members (excludes halogenated alkanes) is 2. The van der Waals surface area contributed by atoms with Crippen LogP contribution >= 0.6 is 11.6 Å². The molecule has 0 radical (unpaired) electrons. The average molecular weight is 152 g/mol. The van der Waals surface area contributed by atoms with Crippen LogP contribution in [0.15, 0.2) is 0 Å². The quantitative estimate of drug-likeness (QED) is 0.354. The lowest BCUT2D eigenvalue weighted by atomic mass is 10.3. The maximum absolute atomic E-state index is 7.12. The van der Waals surface area contributed by atoms with Crippen molar-refractivity contribution in [3.8, 4) is 0 Å². The Morgan fingerprint density at radius 1 is 1.33 bits per heavy atom. The monoisotopic (exact) mass is 152 g/mol. The largest absolute Gasteiger partial charge is 0.432 e. The summed E-state index contributed by atoms with van der Waals surface area (Å²) in [6, 6.07) is 0. The van der Waals surface area contributed by atoms with Crippen molar-refractivity contribution in [3.05, 3.63) is 0 Å². The van der Waals surface area contributed by atoms with Gasteiger partial charge in [0.2, 0.25) is 0 Å². The fraction of sp³-hybridized carbons (Fsp3) is 1.00. The van der Waals surface area contributed by atoms with Gasteiger partial charge in [0.25, 0.3) is 0 Å². The molecule has 0 bridgehead atoms. The van der Waals surface area contributed by atoms with Gasteiger partial charge in [-0.15, -0.1) is 11.6 Å². The molecular formula is C5H14BClO2. The van der Waals surface area contributed by atoms with Crippen molar-refractivity contribution in [3.63, 3.8) is 0 Å². The molecule has 2 nitrogen and oxygen atoms in total. The van der Waals surface area contributed by atoms with E-state index in [4.69, 9.17) is 21.6 Å². The Bertz CT molecular complexity index is 34.1. The van der Waals surface area contributed by atoms with Crippen molar-refractivity contribution >= 4 is 19.3 Å². The van der Waals surface area contributed by atoms with Crippen LogP contribution in [-0.4, -0.2) is 23.6 Å². The van der Waals surface area contributed by atoms with Crippen LogP contribution in [0.2, 0.25) is 0 Å². The van der Waals surface area contributed by atoms with Gasteiger partial charge >= 0.3 is 7.69 Å². The van der Waals surface area contributed by atoms with E-state index in [9.17, 15) is 0 Å². The molecule has 0 atom stereocenters. The van der Waals surface area contributed by atoms with Gasteiger partial charge in [-0.1, -0.05) is 19.8 Å².